The van der Waals surface area contributed by atoms with Crippen LogP contribution < -0.4 is 10.1 Å². The average molecular weight is 445 g/mol. The monoisotopic (exact) mass is 445 g/mol. The quantitative estimate of drug-likeness (QED) is 0.366. The molecular weight excluding hydrogens is 424 g/mol. The number of nitrogens with one attached hydrogen (secondary N) is 1. The highest BCUT2D eigenvalue weighted by molar-refractivity contribution is 5.91. The summed E-state index contributed by atoms with van der Waals surface area (Å²) in [6, 6.07) is 25.6. The zero-order valence-electron chi connectivity index (χ0n) is 17.6. The summed E-state index contributed by atoms with van der Waals surface area (Å²) in [4.78, 5) is 12.4. The van der Waals surface area contributed by atoms with Crippen LogP contribution in [0.15, 0.2) is 97.2 Å². The first-order chi connectivity index (χ1) is 16.1. The number of rotatable bonds is 8. The second-order valence-corrected chi connectivity index (χ2v) is 7.15. The van der Waals surface area contributed by atoms with E-state index in [1.165, 1.54) is 18.2 Å². The van der Waals surface area contributed by atoms with Crippen molar-refractivity contribution in [1.82, 2.24) is 15.1 Å². The molecular formula is C26H21F2N3O2. The molecule has 3 aromatic carbocycles. The molecule has 4 aromatic rings. The number of carbonyl (C=O) groups excluding carboxylic acids is 1. The molecule has 0 bridgehead atoms. The van der Waals surface area contributed by atoms with E-state index >= 15 is 0 Å². The lowest BCUT2D eigenvalue weighted by Crippen LogP contribution is -2.20. The number of halogens is 2. The van der Waals surface area contributed by atoms with Gasteiger partial charge in [-0.2, -0.15) is 13.9 Å². The van der Waals surface area contributed by atoms with Crippen molar-refractivity contribution in [3.63, 3.8) is 0 Å². The lowest BCUT2D eigenvalue weighted by atomic mass is 10.1. The molecule has 0 fully saturated rings. The molecule has 7 heteroatoms. The Balaban J connectivity index is 1.46. The van der Waals surface area contributed by atoms with Gasteiger partial charge in [0.2, 0.25) is 5.91 Å². The first-order valence-corrected chi connectivity index (χ1v) is 10.3. The maximum atomic E-state index is 12.4. The normalized spacial score (nSPS) is 11.1. The third-order valence-corrected chi connectivity index (χ3v) is 4.84. The molecule has 1 heterocycles. The molecule has 0 unspecified atom stereocenters. The van der Waals surface area contributed by atoms with E-state index in [2.05, 4.69) is 10.1 Å². The number of hydrogen-bond acceptors (Lipinski definition) is 3. The van der Waals surface area contributed by atoms with Gasteiger partial charge in [0.25, 0.3) is 0 Å². The summed E-state index contributed by atoms with van der Waals surface area (Å²) in [5.74, 6) is -0.218. The van der Waals surface area contributed by atoms with E-state index in [9.17, 15) is 13.6 Å². The Kier molecular flexibility index (Phi) is 6.90. The SMILES string of the molecule is O=C(/C=C\c1ccc(OC(F)F)cc1)NCc1cn(-c2ccccc2)nc1-c1ccccc1. The van der Waals surface area contributed by atoms with Crippen molar-refractivity contribution in [1.29, 1.82) is 0 Å². The minimum absolute atomic E-state index is 0.0653. The predicted octanol–water partition coefficient (Wildman–Crippen LogP) is 5.47. The summed E-state index contributed by atoms with van der Waals surface area (Å²) in [6.45, 7) is -2.58. The standard InChI is InChI=1S/C26H21F2N3O2/c27-26(28)33-23-14-11-19(12-15-23)13-16-24(32)29-17-21-18-31(22-9-5-2-6-10-22)30-25(21)20-7-3-1-4-8-20/h1-16,18,26H,17H2,(H,29,32)/b16-13-. The molecule has 0 saturated carbocycles. The maximum absolute atomic E-state index is 12.4. The van der Waals surface area contributed by atoms with Gasteiger partial charge in [-0.25, -0.2) is 4.68 Å². The Bertz CT molecular complexity index is 1220. The van der Waals surface area contributed by atoms with Crippen LogP contribution in [0, 0.1) is 0 Å². The number of ether oxygens (including phenoxy) is 1. The number of carbonyl (C=O) groups is 1. The largest absolute Gasteiger partial charge is 0.435 e. The van der Waals surface area contributed by atoms with Crippen molar-refractivity contribution < 1.29 is 18.3 Å². The summed E-state index contributed by atoms with van der Waals surface area (Å²) in [7, 11) is 0. The minimum atomic E-state index is -2.87. The molecule has 1 N–H and O–H groups in total. The maximum Gasteiger partial charge on any atom is 0.387 e. The number of para-hydroxylation sites is 1. The predicted molar refractivity (Wildman–Crippen MR) is 123 cm³/mol. The van der Waals surface area contributed by atoms with Crippen LogP contribution in [0.1, 0.15) is 11.1 Å². The first-order valence-electron chi connectivity index (χ1n) is 10.3. The summed E-state index contributed by atoms with van der Waals surface area (Å²) >= 11 is 0. The van der Waals surface area contributed by atoms with Gasteiger partial charge in [0.05, 0.1) is 11.4 Å². The van der Waals surface area contributed by atoms with E-state index in [1.807, 2.05) is 66.9 Å². The van der Waals surface area contributed by atoms with Crippen LogP contribution in [-0.2, 0) is 11.3 Å². The molecule has 1 aromatic heterocycles. The third kappa shape index (κ3) is 5.92. The summed E-state index contributed by atoms with van der Waals surface area (Å²) < 4.78 is 30.6. The van der Waals surface area contributed by atoms with Gasteiger partial charge in [0.15, 0.2) is 0 Å². The average Bonchev–Trinajstić information content (AvgIpc) is 3.27. The lowest BCUT2D eigenvalue weighted by molar-refractivity contribution is -0.116. The molecule has 0 spiro atoms. The van der Waals surface area contributed by atoms with Gasteiger partial charge < -0.3 is 10.1 Å². The van der Waals surface area contributed by atoms with Gasteiger partial charge in [-0.3, -0.25) is 4.79 Å². The number of benzene rings is 3. The van der Waals surface area contributed by atoms with Gasteiger partial charge in [0, 0.05) is 29.9 Å². The Labute approximate surface area is 190 Å². The highest BCUT2D eigenvalue weighted by Gasteiger charge is 2.12. The van der Waals surface area contributed by atoms with Crippen molar-refractivity contribution in [2.24, 2.45) is 0 Å². The van der Waals surface area contributed by atoms with Crippen LogP contribution in [0.2, 0.25) is 0 Å². The zero-order chi connectivity index (χ0) is 23.0. The number of amides is 1. The van der Waals surface area contributed by atoms with E-state index in [-0.39, 0.29) is 11.7 Å². The van der Waals surface area contributed by atoms with Gasteiger partial charge in [0.1, 0.15) is 5.75 Å². The molecule has 5 nitrogen and oxygen atoms in total. The van der Waals surface area contributed by atoms with Gasteiger partial charge in [-0.15, -0.1) is 0 Å². The van der Waals surface area contributed by atoms with E-state index in [4.69, 9.17) is 5.10 Å². The van der Waals surface area contributed by atoms with Crippen molar-refractivity contribution in [3.8, 4) is 22.7 Å². The van der Waals surface area contributed by atoms with Crippen molar-refractivity contribution >= 4 is 12.0 Å². The second kappa shape index (κ2) is 10.4. The van der Waals surface area contributed by atoms with Crippen LogP contribution >= 0.6 is 0 Å². The smallest absolute Gasteiger partial charge is 0.387 e. The highest BCUT2D eigenvalue weighted by atomic mass is 19.3. The number of alkyl halides is 2. The van der Waals surface area contributed by atoms with Crippen LogP contribution in [0.4, 0.5) is 8.78 Å². The van der Waals surface area contributed by atoms with E-state index in [0.717, 1.165) is 22.5 Å². The van der Waals surface area contributed by atoms with Crippen LogP contribution in [0.3, 0.4) is 0 Å². The molecule has 0 atom stereocenters. The molecule has 0 radical (unpaired) electrons. The summed E-state index contributed by atoms with van der Waals surface area (Å²) in [5, 5.41) is 7.61. The molecule has 166 valence electrons. The summed E-state index contributed by atoms with van der Waals surface area (Å²) in [6.07, 6.45) is 4.91. The Morgan fingerprint density at radius 3 is 2.30 bits per heavy atom. The molecule has 33 heavy (non-hydrogen) atoms. The second-order valence-electron chi connectivity index (χ2n) is 7.15. The van der Waals surface area contributed by atoms with Gasteiger partial charge in [-0.1, -0.05) is 60.7 Å². The van der Waals surface area contributed by atoms with Gasteiger partial charge >= 0.3 is 6.61 Å². The van der Waals surface area contributed by atoms with Crippen LogP contribution in [0.5, 0.6) is 5.75 Å². The number of aromatic nitrogens is 2. The van der Waals surface area contributed by atoms with E-state index in [1.54, 1.807) is 22.9 Å². The van der Waals surface area contributed by atoms with Crippen molar-refractivity contribution in [2.75, 3.05) is 0 Å². The van der Waals surface area contributed by atoms with Crippen LogP contribution in [-0.4, -0.2) is 22.3 Å². The Morgan fingerprint density at radius 2 is 1.64 bits per heavy atom. The molecule has 0 aliphatic rings. The molecule has 1 amide bonds. The number of nitrogens with zero attached hydrogens (tertiary/aromatic N) is 2. The fraction of sp³-hybridized carbons (Fsp3) is 0.0769. The molecule has 0 aliphatic carbocycles. The fourth-order valence-electron chi connectivity index (χ4n) is 3.26. The zero-order valence-corrected chi connectivity index (χ0v) is 17.6. The highest BCUT2D eigenvalue weighted by Crippen LogP contribution is 2.23. The molecule has 0 aliphatic heterocycles. The van der Waals surface area contributed by atoms with Crippen molar-refractivity contribution in [3.05, 3.63) is 108 Å². The molecule has 0 saturated heterocycles. The van der Waals surface area contributed by atoms with Crippen LogP contribution in [0.25, 0.3) is 23.0 Å². The topological polar surface area (TPSA) is 56.1 Å². The minimum Gasteiger partial charge on any atom is -0.435 e. The summed E-state index contributed by atoms with van der Waals surface area (Å²) in [5.41, 5.74) is 4.23. The lowest BCUT2D eigenvalue weighted by Gasteiger charge is -2.04. The van der Waals surface area contributed by atoms with Gasteiger partial charge in [-0.05, 0) is 35.9 Å². The van der Waals surface area contributed by atoms with E-state index in [0.29, 0.717) is 12.1 Å². The Hall–Kier alpha value is -4.26. The fourth-order valence-corrected chi connectivity index (χ4v) is 3.26. The third-order valence-electron chi connectivity index (χ3n) is 4.84. The molecule has 4 rings (SSSR count). The number of hydrogen-bond donors (Lipinski definition) is 1. The Morgan fingerprint density at radius 1 is 0.970 bits per heavy atom. The first kappa shape index (κ1) is 22.0. The van der Waals surface area contributed by atoms with E-state index < -0.39 is 6.61 Å². The van der Waals surface area contributed by atoms with Crippen molar-refractivity contribution in [2.45, 2.75) is 13.2 Å².